The van der Waals surface area contributed by atoms with E-state index >= 15 is 0 Å². The number of nitrogens with zero attached hydrogens (tertiary/aromatic N) is 3. The molecular formula is C19H18Cl2F3N5O. The zero-order valence-electron chi connectivity index (χ0n) is 16.0. The van der Waals surface area contributed by atoms with E-state index in [2.05, 4.69) is 25.6 Å². The molecule has 0 saturated heterocycles. The molecule has 3 aromatic rings. The van der Waals surface area contributed by atoms with Gasteiger partial charge in [0, 0.05) is 17.5 Å². The SMILES string of the molecule is CNCCOc1c([C@@H](C)Nc2nc(Cl)nc3cnc(Cl)cc23)cccc1C(F)(F)F. The highest BCUT2D eigenvalue weighted by Gasteiger charge is 2.36. The minimum atomic E-state index is -4.56. The molecule has 0 unspecified atom stereocenters. The molecule has 1 aromatic carbocycles. The number of halogens is 5. The van der Waals surface area contributed by atoms with Gasteiger partial charge in [-0.25, -0.2) is 15.0 Å². The molecular weight excluding hydrogens is 442 g/mol. The number of para-hydroxylation sites is 1. The molecule has 1 atom stereocenters. The first-order valence-corrected chi connectivity index (χ1v) is 9.69. The van der Waals surface area contributed by atoms with Crippen LogP contribution in [-0.4, -0.2) is 35.2 Å². The third kappa shape index (κ3) is 5.03. The maximum absolute atomic E-state index is 13.6. The van der Waals surface area contributed by atoms with Gasteiger partial charge in [0.15, 0.2) is 0 Å². The van der Waals surface area contributed by atoms with Crippen LogP contribution in [0.2, 0.25) is 10.4 Å². The van der Waals surface area contributed by atoms with Crippen LogP contribution in [0.3, 0.4) is 0 Å². The highest BCUT2D eigenvalue weighted by atomic mass is 35.5. The summed E-state index contributed by atoms with van der Waals surface area (Å²) in [4.78, 5) is 12.2. The van der Waals surface area contributed by atoms with Gasteiger partial charge in [-0.3, -0.25) is 0 Å². The Balaban J connectivity index is 2.02. The van der Waals surface area contributed by atoms with E-state index in [0.29, 0.717) is 28.8 Å². The third-order valence-corrected chi connectivity index (χ3v) is 4.67. The summed E-state index contributed by atoms with van der Waals surface area (Å²) in [7, 11) is 1.69. The lowest BCUT2D eigenvalue weighted by atomic mass is 10.0. The summed E-state index contributed by atoms with van der Waals surface area (Å²) < 4.78 is 46.2. The molecule has 2 aromatic heterocycles. The van der Waals surface area contributed by atoms with Crippen molar-refractivity contribution in [2.45, 2.75) is 19.1 Å². The van der Waals surface area contributed by atoms with Crippen molar-refractivity contribution in [3.63, 3.8) is 0 Å². The molecule has 0 saturated carbocycles. The molecule has 0 amide bonds. The number of anilines is 1. The van der Waals surface area contributed by atoms with Crippen LogP contribution in [0.5, 0.6) is 5.75 Å². The predicted octanol–water partition coefficient (Wildman–Crippen LogP) is 5.12. The standard InChI is InChI=1S/C19H18Cl2F3N5O/c1-10(27-17-12-8-15(20)26-9-14(12)28-18(21)29-17)11-4-3-5-13(19(22,23)24)16(11)30-7-6-25-2/h3-5,8-10,25H,6-7H2,1-2H3,(H,27,28,29)/t10-/m1/s1. The first kappa shape index (κ1) is 22.3. The van der Waals surface area contributed by atoms with Gasteiger partial charge >= 0.3 is 6.18 Å². The van der Waals surface area contributed by atoms with Gasteiger partial charge in [0.2, 0.25) is 5.28 Å². The van der Waals surface area contributed by atoms with E-state index < -0.39 is 17.8 Å². The highest BCUT2D eigenvalue weighted by Crippen LogP contribution is 2.41. The number of likely N-dealkylation sites (N-methyl/N-ethyl adjacent to an activating group) is 1. The Labute approximate surface area is 180 Å². The van der Waals surface area contributed by atoms with Gasteiger partial charge in [-0.1, -0.05) is 23.7 Å². The summed E-state index contributed by atoms with van der Waals surface area (Å²) in [5.74, 6) is 0.0878. The van der Waals surface area contributed by atoms with Gasteiger partial charge in [-0.2, -0.15) is 13.2 Å². The second kappa shape index (κ2) is 9.20. The van der Waals surface area contributed by atoms with Crippen LogP contribution >= 0.6 is 23.2 Å². The Kier molecular flexibility index (Phi) is 6.84. The fourth-order valence-electron chi connectivity index (χ4n) is 2.91. The number of hydrogen-bond donors (Lipinski definition) is 2. The van der Waals surface area contributed by atoms with Crippen molar-refractivity contribution >= 4 is 39.9 Å². The lowest BCUT2D eigenvalue weighted by Gasteiger charge is -2.22. The van der Waals surface area contributed by atoms with E-state index in [1.54, 1.807) is 26.1 Å². The Morgan fingerprint density at radius 2 is 1.97 bits per heavy atom. The number of benzene rings is 1. The third-order valence-electron chi connectivity index (χ3n) is 4.29. The molecule has 11 heteroatoms. The average Bonchev–Trinajstić information content (AvgIpc) is 2.68. The van der Waals surface area contributed by atoms with Gasteiger partial charge in [-0.05, 0) is 37.7 Å². The van der Waals surface area contributed by atoms with Crippen LogP contribution in [-0.2, 0) is 6.18 Å². The van der Waals surface area contributed by atoms with Crippen molar-refractivity contribution in [1.82, 2.24) is 20.3 Å². The number of aromatic nitrogens is 3. The number of ether oxygens (including phenoxy) is 1. The maximum atomic E-state index is 13.6. The summed E-state index contributed by atoms with van der Waals surface area (Å²) in [6.45, 7) is 2.17. The average molecular weight is 460 g/mol. The first-order chi connectivity index (χ1) is 14.2. The zero-order valence-corrected chi connectivity index (χ0v) is 17.5. The molecule has 0 radical (unpaired) electrons. The molecule has 3 rings (SSSR count). The Morgan fingerprint density at radius 1 is 1.20 bits per heavy atom. The van der Waals surface area contributed by atoms with E-state index in [9.17, 15) is 13.2 Å². The number of rotatable bonds is 7. The van der Waals surface area contributed by atoms with Crippen LogP contribution in [0.15, 0.2) is 30.5 Å². The topological polar surface area (TPSA) is 72.0 Å². The van der Waals surface area contributed by atoms with Crippen LogP contribution in [0.1, 0.15) is 24.1 Å². The Morgan fingerprint density at radius 3 is 2.67 bits per heavy atom. The number of fused-ring (bicyclic) bond motifs is 1. The minimum absolute atomic E-state index is 0.0316. The Bertz CT molecular complexity index is 1050. The quantitative estimate of drug-likeness (QED) is 0.290. The number of alkyl halides is 3. The van der Waals surface area contributed by atoms with Gasteiger partial charge < -0.3 is 15.4 Å². The molecule has 0 spiro atoms. The summed E-state index contributed by atoms with van der Waals surface area (Å²) in [6, 6.07) is 4.86. The lowest BCUT2D eigenvalue weighted by molar-refractivity contribution is -0.139. The van der Waals surface area contributed by atoms with Crippen molar-refractivity contribution in [2.24, 2.45) is 0 Å². The summed E-state index contributed by atoms with van der Waals surface area (Å²) in [5.41, 5.74) is -0.0739. The van der Waals surface area contributed by atoms with Gasteiger partial charge in [-0.15, -0.1) is 0 Å². The summed E-state index contributed by atoms with van der Waals surface area (Å²) in [5, 5.41) is 6.67. The van der Waals surface area contributed by atoms with Gasteiger partial charge in [0.05, 0.1) is 23.3 Å². The zero-order chi connectivity index (χ0) is 21.9. The molecule has 2 heterocycles. The molecule has 160 valence electrons. The van der Waals surface area contributed by atoms with Crippen molar-refractivity contribution in [2.75, 3.05) is 25.5 Å². The lowest BCUT2D eigenvalue weighted by Crippen LogP contribution is -2.20. The predicted molar refractivity (Wildman–Crippen MR) is 110 cm³/mol. The minimum Gasteiger partial charge on any atom is -0.491 e. The van der Waals surface area contributed by atoms with Crippen LogP contribution in [0.4, 0.5) is 19.0 Å². The van der Waals surface area contributed by atoms with E-state index in [-0.39, 0.29) is 22.8 Å². The first-order valence-electron chi connectivity index (χ1n) is 8.93. The summed E-state index contributed by atoms with van der Waals surface area (Å²) in [6.07, 6.45) is -3.12. The number of hydrogen-bond acceptors (Lipinski definition) is 6. The van der Waals surface area contributed by atoms with Crippen LogP contribution in [0, 0.1) is 0 Å². The molecule has 0 aliphatic heterocycles. The molecule has 2 N–H and O–H groups in total. The van der Waals surface area contributed by atoms with Crippen LogP contribution in [0.25, 0.3) is 10.9 Å². The molecule has 30 heavy (non-hydrogen) atoms. The molecule has 6 nitrogen and oxygen atoms in total. The van der Waals surface area contributed by atoms with E-state index in [4.69, 9.17) is 27.9 Å². The van der Waals surface area contributed by atoms with Crippen LogP contribution < -0.4 is 15.4 Å². The van der Waals surface area contributed by atoms with Crippen molar-refractivity contribution in [1.29, 1.82) is 0 Å². The fourth-order valence-corrected chi connectivity index (χ4v) is 3.24. The molecule has 0 fully saturated rings. The van der Waals surface area contributed by atoms with Crippen molar-refractivity contribution in [3.8, 4) is 5.75 Å². The second-order valence-corrected chi connectivity index (χ2v) is 7.13. The van der Waals surface area contributed by atoms with Crippen molar-refractivity contribution < 1.29 is 17.9 Å². The van der Waals surface area contributed by atoms with E-state index in [1.165, 1.54) is 12.3 Å². The highest BCUT2D eigenvalue weighted by molar-refractivity contribution is 6.30. The van der Waals surface area contributed by atoms with E-state index in [0.717, 1.165) is 6.07 Å². The smallest absolute Gasteiger partial charge is 0.419 e. The second-order valence-electron chi connectivity index (χ2n) is 6.41. The van der Waals surface area contributed by atoms with Gasteiger partial charge in [0.25, 0.3) is 0 Å². The number of nitrogens with one attached hydrogen (secondary N) is 2. The molecule has 0 aliphatic rings. The monoisotopic (exact) mass is 459 g/mol. The normalized spacial score (nSPS) is 12.8. The maximum Gasteiger partial charge on any atom is 0.419 e. The number of pyridine rings is 1. The van der Waals surface area contributed by atoms with Crippen molar-refractivity contribution in [3.05, 3.63) is 52.0 Å². The largest absolute Gasteiger partial charge is 0.491 e. The van der Waals surface area contributed by atoms with Gasteiger partial charge in [0.1, 0.15) is 23.3 Å². The molecule has 0 bridgehead atoms. The molecule has 0 aliphatic carbocycles. The summed E-state index contributed by atoms with van der Waals surface area (Å²) >= 11 is 12.0. The fraction of sp³-hybridized carbons (Fsp3) is 0.316. The van der Waals surface area contributed by atoms with E-state index in [1.807, 2.05) is 0 Å². The Hall–Kier alpha value is -2.36.